The number of benzene rings is 2. The molecule has 0 fully saturated rings. The van der Waals surface area contributed by atoms with E-state index >= 15 is 0 Å². The summed E-state index contributed by atoms with van der Waals surface area (Å²) in [5, 5.41) is -0.364. The highest BCUT2D eigenvalue weighted by Gasteiger charge is 2.17. The van der Waals surface area contributed by atoms with E-state index in [1.54, 1.807) is 35.2 Å². The molecule has 2 rings (SSSR count). The highest BCUT2D eigenvalue weighted by Crippen LogP contribution is 2.38. The first-order chi connectivity index (χ1) is 12.8. The minimum Gasteiger partial charge on any atom is -0.493 e. The number of ether oxygens (including phenoxy) is 3. The topological polar surface area (TPSA) is 61.8 Å². The van der Waals surface area contributed by atoms with Crippen molar-refractivity contribution in [1.29, 1.82) is 0 Å². The van der Waals surface area contributed by atoms with Crippen LogP contribution < -0.4 is 14.2 Å². The first kappa shape index (κ1) is 21.1. The van der Waals surface area contributed by atoms with Crippen molar-refractivity contribution >= 4 is 9.84 Å². The zero-order valence-electron chi connectivity index (χ0n) is 16.6. The molecule has 0 radical (unpaired) electrons. The summed E-state index contributed by atoms with van der Waals surface area (Å²) in [6.45, 7) is 3.42. The van der Waals surface area contributed by atoms with E-state index in [1.807, 2.05) is 36.4 Å². The second-order valence-corrected chi connectivity index (χ2v) is 9.26. The Morgan fingerprint density at radius 3 is 1.70 bits per heavy atom. The summed E-state index contributed by atoms with van der Waals surface area (Å²) in [5.74, 6) is 1.94. The lowest BCUT2D eigenvalue weighted by molar-refractivity contribution is 0.324. The van der Waals surface area contributed by atoms with Gasteiger partial charge in [-0.1, -0.05) is 24.3 Å². The van der Waals surface area contributed by atoms with Crippen LogP contribution in [-0.2, 0) is 28.4 Å². The molecule has 6 heteroatoms. The second kappa shape index (κ2) is 9.13. The fraction of sp³-hybridized carbons (Fsp3) is 0.429. The Hall–Kier alpha value is -2.21. The molecule has 148 valence electrons. The maximum Gasteiger partial charge on any atom is 0.203 e. The molecule has 0 aliphatic rings. The van der Waals surface area contributed by atoms with E-state index in [0.717, 1.165) is 29.5 Å². The van der Waals surface area contributed by atoms with Crippen molar-refractivity contribution in [3.05, 3.63) is 53.1 Å². The van der Waals surface area contributed by atoms with Gasteiger partial charge < -0.3 is 14.2 Å². The van der Waals surface area contributed by atoms with Crippen molar-refractivity contribution in [3.63, 3.8) is 0 Å². The molecule has 0 bridgehead atoms. The van der Waals surface area contributed by atoms with Gasteiger partial charge in [-0.05, 0) is 55.5 Å². The molecule has 0 saturated carbocycles. The Kier molecular flexibility index (Phi) is 7.13. The first-order valence-corrected chi connectivity index (χ1v) is 10.6. The largest absolute Gasteiger partial charge is 0.493 e. The molecule has 0 aliphatic carbocycles. The summed E-state index contributed by atoms with van der Waals surface area (Å²) in [6.07, 6.45) is 1.64. The molecule has 27 heavy (non-hydrogen) atoms. The summed E-state index contributed by atoms with van der Waals surface area (Å²) < 4.78 is 40.2. The van der Waals surface area contributed by atoms with Gasteiger partial charge in [0.05, 0.1) is 32.3 Å². The molecule has 0 unspecified atom stereocenters. The van der Waals surface area contributed by atoms with E-state index in [0.29, 0.717) is 17.2 Å². The van der Waals surface area contributed by atoms with Gasteiger partial charge in [0, 0.05) is 0 Å². The smallest absolute Gasteiger partial charge is 0.203 e. The summed E-state index contributed by atoms with van der Waals surface area (Å²) >= 11 is 0. The van der Waals surface area contributed by atoms with Crippen LogP contribution in [0.4, 0.5) is 0 Å². The molecule has 2 aromatic carbocycles. The van der Waals surface area contributed by atoms with Crippen molar-refractivity contribution < 1.29 is 22.6 Å². The Bertz CT molecular complexity index is 830. The third-order valence-electron chi connectivity index (χ3n) is 4.54. The second-order valence-electron chi connectivity index (χ2n) is 6.71. The van der Waals surface area contributed by atoms with Gasteiger partial charge in [-0.2, -0.15) is 0 Å². The quantitative estimate of drug-likeness (QED) is 0.649. The van der Waals surface area contributed by atoms with E-state index in [4.69, 9.17) is 14.2 Å². The van der Waals surface area contributed by atoms with Crippen LogP contribution in [-0.4, -0.2) is 35.0 Å². The normalized spacial score (nSPS) is 11.5. The maximum atomic E-state index is 12.0. The number of hydrogen-bond acceptors (Lipinski definition) is 5. The first-order valence-electron chi connectivity index (χ1n) is 8.89. The minimum atomic E-state index is -3.08. The van der Waals surface area contributed by atoms with Crippen LogP contribution in [0.15, 0.2) is 36.4 Å². The van der Waals surface area contributed by atoms with Gasteiger partial charge in [-0.15, -0.1) is 0 Å². The zero-order chi connectivity index (χ0) is 20.0. The van der Waals surface area contributed by atoms with Crippen molar-refractivity contribution in [2.75, 3.05) is 21.3 Å². The molecule has 0 N–H and O–H groups in total. The van der Waals surface area contributed by atoms with Crippen molar-refractivity contribution in [1.82, 2.24) is 0 Å². The number of aryl methyl sites for hydroxylation is 2. The van der Waals surface area contributed by atoms with Gasteiger partial charge >= 0.3 is 0 Å². The standard InChI is InChI=1S/C21H28O5S/c1-15(2)27(22,23)14-17-9-6-16(7-10-17)8-11-18-12-19(24-3)21(26-5)20(13-18)25-4/h6-7,9-10,12-13,15H,8,11,14H2,1-5H3. The van der Waals surface area contributed by atoms with Gasteiger partial charge in [0.25, 0.3) is 0 Å². The van der Waals surface area contributed by atoms with Gasteiger partial charge in [-0.3, -0.25) is 0 Å². The van der Waals surface area contributed by atoms with Crippen LogP contribution in [0.3, 0.4) is 0 Å². The van der Waals surface area contributed by atoms with Crippen LogP contribution in [0, 0.1) is 0 Å². The third-order valence-corrected chi connectivity index (χ3v) is 6.71. The molecular weight excluding hydrogens is 364 g/mol. The molecule has 0 aliphatic heterocycles. The van der Waals surface area contributed by atoms with Crippen LogP contribution >= 0.6 is 0 Å². The summed E-state index contributed by atoms with van der Waals surface area (Å²) in [6, 6.07) is 11.7. The SMILES string of the molecule is COc1cc(CCc2ccc(CS(=O)(=O)C(C)C)cc2)cc(OC)c1OC. The molecule has 5 nitrogen and oxygen atoms in total. The van der Waals surface area contributed by atoms with E-state index in [-0.39, 0.29) is 11.0 Å². The summed E-state index contributed by atoms with van der Waals surface area (Å²) in [5.41, 5.74) is 3.05. The van der Waals surface area contributed by atoms with E-state index in [2.05, 4.69) is 0 Å². The van der Waals surface area contributed by atoms with Crippen LogP contribution in [0.1, 0.15) is 30.5 Å². The number of sulfone groups is 1. The summed E-state index contributed by atoms with van der Waals surface area (Å²) in [4.78, 5) is 0. The highest BCUT2D eigenvalue weighted by atomic mass is 32.2. The molecule has 0 heterocycles. The average Bonchev–Trinajstić information content (AvgIpc) is 2.66. The lowest BCUT2D eigenvalue weighted by Gasteiger charge is -2.14. The summed E-state index contributed by atoms with van der Waals surface area (Å²) in [7, 11) is 1.71. The molecule has 0 spiro atoms. The van der Waals surface area contributed by atoms with Crippen LogP contribution in [0.2, 0.25) is 0 Å². The number of rotatable bonds is 9. The maximum absolute atomic E-state index is 12.0. The minimum absolute atomic E-state index is 0.0812. The average molecular weight is 393 g/mol. The van der Waals surface area contributed by atoms with Crippen molar-refractivity contribution in [3.8, 4) is 17.2 Å². The molecule has 0 saturated heterocycles. The third kappa shape index (κ3) is 5.39. The predicted molar refractivity (Wildman–Crippen MR) is 108 cm³/mol. The van der Waals surface area contributed by atoms with E-state index < -0.39 is 9.84 Å². The van der Waals surface area contributed by atoms with Gasteiger partial charge in [0.2, 0.25) is 5.75 Å². The van der Waals surface area contributed by atoms with Gasteiger partial charge in [-0.25, -0.2) is 8.42 Å². The van der Waals surface area contributed by atoms with Gasteiger partial charge in [0.15, 0.2) is 21.3 Å². The molecule has 0 atom stereocenters. The molecule has 2 aromatic rings. The monoisotopic (exact) mass is 392 g/mol. The van der Waals surface area contributed by atoms with Crippen LogP contribution in [0.25, 0.3) is 0 Å². The highest BCUT2D eigenvalue weighted by molar-refractivity contribution is 7.91. The fourth-order valence-electron chi connectivity index (χ4n) is 2.77. The lowest BCUT2D eigenvalue weighted by Crippen LogP contribution is -2.15. The fourth-order valence-corrected chi connectivity index (χ4v) is 3.76. The van der Waals surface area contributed by atoms with E-state index in [1.165, 1.54) is 0 Å². The zero-order valence-corrected chi connectivity index (χ0v) is 17.4. The van der Waals surface area contributed by atoms with Crippen LogP contribution in [0.5, 0.6) is 17.2 Å². The Morgan fingerprint density at radius 2 is 1.26 bits per heavy atom. The van der Waals surface area contributed by atoms with Crippen molar-refractivity contribution in [2.45, 2.75) is 37.7 Å². The Balaban J connectivity index is 2.09. The van der Waals surface area contributed by atoms with Crippen molar-refractivity contribution in [2.24, 2.45) is 0 Å². The Morgan fingerprint density at radius 1 is 0.778 bits per heavy atom. The molecular formula is C21H28O5S. The van der Waals surface area contributed by atoms with E-state index in [9.17, 15) is 8.42 Å². The predicted octanol–water partition coefficient (Wildman–Crippen LogP) is 3.82. The Labute approximate surface area is 162 Å². The van der Waals surface area contributed by atoms with Gasteiger partial charge in [0.1, 0.15) is 0 Å². The number of methoxy groups -OCH3 is 3. The number of hydrogen-bond donors (Lipinski definition) is 0. The molecule has 0 aromatic heterocycles. The lowest BCUT2D eigenvalue weighted by atomic mass is 10.0. The molecule has 0 amide bonds.